The minimum absolute atomic E-state index is 0. The lowest BCUT2D eigenvalue weighted by atomic mass is 10.1. The molecule has 0 spiro atoms. The van der Waals surface area contributed by atoms with Crippen molar-refractivity contribution in [3.05, 3.63) is 89.4 Å². The van der Waals surface area contributed by atoms with Gasteiger partial charge in [-0.2, -0.15) is 0 Å². The second-order valence-corrected chi connectivity index (χ2v) is 9.62. The molecule has 36 heavy (non-hydrogen) atoms. The Morgan fingerprint density at radius 2 is 1.72 bits per heavy atom. The summed E-state index contributed by atoms with van der Waals surface area (Å²) in [6, 6.07) is 15.1. The number of nitrogens with zero attached hydrogens (tertiary/aromatic N) is 3. The molecular weight excluding hydrogens is 500 g/mol. The largest absolute Gasteiger partial charge is 0.477 e. The van der Waals surface area contributed by atoms with E-state index in [0.29, 0.717) is 27.9 Å². The number of para-hydroxylation sites is 2. The van der Waals surface area contributed by atoms with E-state index in [2.05, 4.69) is 26.5 Å². The topological polar surface area (TPSA) is 112 Å². The van der Waals surface area contributed by atoms with Crippen molar-refractivity contribution in [2.45, 2.75) is 11.8 Å². The molecule has 0 amide bonds. The van der Waals surface area contributed by atoms with Crippen LogP contribution in [0.5, 0.6) is 0 Å². The Bertz CT molecular complexity index is 1630. The van der Waals surface area contributed by atoms with Crippen LogP contribution >= 0.6 is 12.4 Å². The van der Waals surface area contributed by atoms with Crippen LogP contribution in [0.25, 0.3) is 10.9 Å². The van der Waals surface area contributed by atoms with Crippen molar-refractivity contribution >= 4 is 50.7 Å². The van der Waals surface area contributed by atoms with Crippen molar-refractivity contribution in [2.75, 3.05) is 23.7 Å². The van der Waals surface area contributed by atoms with Gasteiger partial charge in [0.1, 0.15) is 10.6 Å². The Balaban J connectivity index is 0.00000361. The van der Waals surface area contributed by atoms with Gasteiger partial charge in [0.25, 0.3) is 10.0 Å². The van der Waals surface area contributed by atoms with Gasteiger partial charge in [-0.1, -0.05) is 36.1 Å². The van der Waals surface area contributed by atoms with Crippen LogP contribution in [0.15, 0.2) is 71.9 Å². The van der Waals surface area contributed by atoms with Gasteiger partial charge in [0, 0.05) is 48.7 Å². The second-order valence-electron chi connectivity index (χ2n) is 7.97. The fourth-order valence-electron chi connectivity index (χ4n) is 3.56. The number of carboxylic acids is 1. The van der Waals surface area contributed by atoms with E-state index < -0.39 is 16.0 Å². The Hall–Kier alpha value is -4.13. The first kappa shape index (κ1) is 26.5. The molecule has 0 saturated carbocycles. The minimum atomic E-state index is -3.99. The van der Waals surface area contributed by atoms with E-state index in [1.54, 1.807) is 43.5 Å². The average Bonchev–Trinajstić information content (AvgIpc) is 2.82. The number of hydrogen-bond donors (Lipinski definition) is 2. The number of carboxylic acid groups (broad SMARTS) is 1. The monoisotopic (exact) mass is 522 g/mol. The normalized spacial score (nSPS) is 10.6. The number of sulfonamides is 1. The first-order valence-corrected chi connectivity index (χ1v) is 12.0. The number of aromatic carboxylic acids is 1. The molecule has 0 saturated heterocycles. The molecule has 0 atom stereocenters. The van der Waals surface area contributed by atoms with Crippen LogP contribution in [0.2, 0.25) is 0 Å². The zero-order chi connectivity index (χ0) is 25.2. The van der Waals surface area contributed by atoms with Crippen LogP contribution in [-0.4, -0.2) is 43.6 Å². The predicted octanol–water partition coefficient (Wildman–Crippen LogP) is 4.32. The summed E-state index contributed by atoms with van der Waals surface area (Å²) in [6.07, 6.45) is 2.98. The lowest BCUT2D eigenvalue weighted by Gasteiger charge is -2.16. The average molecular weight is 523 g/mol. The summed E-state index contributed by atoms with van der Waals surface area (Å²) in [5.41, 5.74) is 3.13. The maximum atomic E-state index is 13.4. The van der Waals surface area contributed by atoms with Crippen LogP contribution in [0.1, 0.15) is 27.2 Å². The highest BCUT2D eigenvalue weighted by atomic mass is 35.5. The second kappa shape index (κ2) is 10.6. The number of benzene rings is 2. The summed E-state index contributed by atoms with van der Waals surface area (Å²) >= 11 is 0. The van der Waals surface area contributed by atoms with Crippen molar-refractivity contribution < 1.29 is 18.3 Å². The van der Waals surface area contributed by atoms with Crippen molar-refractivity contribution in [2.24, 2.45) is 0 Å². The highest BCUT2D eigenvalue weighted by molar-refractivity contribution is 7.93. The van der Waals surface area contributed by atoms with E-state index in [4.69, 9.17) is 5.11 Å². The van der Waals surface area contributed by atoms with E-state index in [0.717, 1.165) is 11.1 Å². The molecule has 2 aromatic carbocycles. The smallest absolute Gasteiger partial charge is 0.354 e. The van der Waals surface area contributed by atoms with Gasteiger partial charge in [0.2, 0.25) is 0 Å². The number of fused-ring (bicyclic) bond motifs is 1. The molecule has 2 N–H and O–H groups in total. The Kier molecular flexibility index (Phi) is 7.83. The number of hydrogen-bond acceptors (Lipinski definition) is 6. The van der Waals surface area contributed by atoms with Gasteiger partial charge in [-0.05, 0) is 42.8 Å². The summed E-state index contributed by atoms with van der Waals surface area (Å²) < 4.78 is 29.4. The number of halogens is 1. The number of carbonyl (C=O) groups is 1. The van der Waals surface area contributed by atoms with E-state index >= 15 is 0 Å². The Morgan fingerprint density at radius 3 is 2.42 bits per heavy atom. The fraction of sp³-hybridized carbons (Fsp3) is 0.115. The van der Waals surface area contributed by atoms with Crippen molar-refractivity contribution in [3.63, 3.8) is 0 Å². The molecule has 0 radical (unpaired) electrons. The lowest BCUT2D eigenvalue weighted by Crippen LogP contribution is -2.15. The van der Waals surface area contributed by atoms with Gasteiger partial charge in [-0.25, -0.2) is 18.2 Å². The Labute approximate surface area is 215 Å². The standard InChI is InChI=1S/C26H22N4O4S.ClH/c1-17-15-22(26(31)32)28-16-19(17)12-11-18-7-4-5-9-21(18)29-35(33,34)24-10-6-8-20-23(30(2)3)13-14-27-25(20)24;/h4-10,13-16,29H,1-3H3,(H,31,32);1H. The SMILES string of the molecule is Cc1cc(C(=O)O)ncc1C#Cc1ccccc1NS(=O)(=O)c1cccc2c(N(C)C)ccnc12.Cl. The molecule has 8 nitrogen and oxygen atoms in total. The molecule has 184 valence electrons. The summed E-state index contributed by atoms with van der Waals surface area (Å²) in [5.74, 6) is 4.80. The van der Waals surface area contributed by atoms with Gasteiger partial charge >= 0.3 is 5.97 Å². The van der Waals surface area contributed by atoms with Crippen molar-refractivity contribution in [3.8, 4) is 11.8 Å². The minimum Gasteiger partial charge on any atom is -0.477 e. The maximum absolute atomic E-state index is 13.4. The molecule has 4 aromatic rings. The first-order chi connectivity index (χ1) is 16.7. The lowest BCUT2D eigenvalue weighted by molar-refractivity contribution is 0.0690. The fourth-order valence-corrected chi connectivity index (χ4v) is 4.81. The third-order valence-electron chi connectivity index (χ3n) is 5.32. The van der Waals surface area contributed by atoms with Crippen LogP contribution in [0.3, 0.4) is 0 Å². The van der Waals surface area contributed by atoms with E-state index in [-0.39, 0.29) is 23.0 Å². The number of aromatic nitrogens is 2. The van der Waals surface area contributed by atoms with Crippen molar-refractivity contribution in [1.29, 1.82) is 0 Å². The zero-order valence-corrected chi connectivity index (χ0v) is 21.3. The highest BCUT2D eigenvalue weighted by Crippen LogP contribution is 2.30. The molecule has 2 aromatic heterocycles. The molecule has 10 heteroatoms. The summed E-state index contributed by atoms with van der Waals surface area (Å²) in [4.78, 5) is 21.3. The van der Waals surface area contributed by atoms with Crippen LogP contribution in [-0.2, 0) is 10.0 Å². The molecule has 0 aliphatic rings. The van der Waals surface area contributed by atoms with Gasteiger partial charge in [-0.3, -0.25) is 9.71 Å². The van der Waals surface area contributed by atoms with Crippen molar-refractivity contribution in [1.82, 2.24) is 9.97 Å². The molecule has 2 heterocycles. The maximum Gasteiger partial charge on any atom is 0.354 e. The van der Waals surface area contributed by atoms with Crippen LogP contribution < -0.4 is 9.62 Å². The predicted molar refractivity (Wildman–Crippen MR) is 142 cm³/mol. The third-order valence-corrected chi connectivity index (χ3v) is 6.71. The van der Waals surface area contributed by atoms with E-state index in [9.17, 15) is 13.2 Å². The summed E-state index contributed by atoms with van der Waals surface area (Å²) in [6.45, 7) is 1.74. The Morgan fingerprint density at radius 1 is 1.00 bits per heavy atom. The number of pyridine rings is 2. The number of nitrogens with one attached hydrogen (secondary N) is 1. The molecule has 0 aliphatic heterocycles. The van der Waals surface area contributed by atoms with E-state index in [1.165, 1.54) is 18.3 Å². The van der Waals surface area contributed by atoms with Crippen LogP contribution in [0, 0.1) is 18.8 Å². The van der Waals surface area contributed by atoms with Gasteiger partial charge < -0.3 is 10.0 Å². The summed E-state index contributed by atoms with van der Waals surface area (Å²) in [7, 11) is -0.219. The number of aryl methyl sites for hydroxylation is 1. The van der Waals surface area contributed by atoms with Gasteiger partial charge in [0.05, 0.1) is 11.2 Å². The third kappa shape index (κ3) is 5.40. The van der Waals surface area contributed by atoms with Gasteiger partial charge in [0.15, 0.2) is 0 Å². The molecule has 0 aliphatic carbocycles. The molecule has 0 bridgehead atoms. The summed E-state index contributed by atoms with van der Waals surface area (Å²) in [5, 5.41) is 9.81. The molecule has 0 unspecified atom stereocenters. The molecular formula is C26H23ClN4O4S. The number of anilines is 2. The quantitative estimate of drug-likeness (QED) is 0.375. The number of rotatable bonds is 5. The first-order valence-electron chi connectivity index (χ1n) is 10.6. The van der Waals surface area contributed by atoms with Gasteiger partial charge in [-0.15, -0.1) is 12.4 Å². The molecule has 0 fully saturated rings. The van der Waals surface area contributed by atoms with Crippen LogP contribution in [0.4, 0.5) is 11.4 Å². The zero-order valence-electron chi connectivity index (χ0n) is 19.7. The molecule has 4 rings (SSSR count). The highest BCUT2D eigenvalue weighted by Gasteiger charge is 2.20. The van der Waals surface area contributed by atoms with E-state index in [1.807, 2.05) is 31.1 Å².